The standard InChI is InChI=1S/C18H25FN4OS/c1-14-4-5-15(12-16(14)19)20-18(25)23-10-8-21(9-11-23)13-17(24)22-6-2-3-7-22/h4-5,12H,2-3,6-11,13H2,1H3,(H,20,25). The Morgan fingerprint density at radius 1 is 1.12 bits per heavy atom. The fourth-order valence-electron chi connectivity index (χ4n) is 3.24. The second-order valence-corrected chi connectivity index (χ2v) is 7.13. The molecular weight excluding hydrogens is 339 g/mol. The van der Waals surface area contributed by atoms with Gasteiger partial charge in [0, 0.05) is 45.0 Å². The molecule has 0 saturated carbocycles. The lowest BCUT2D eigenvalue weighted by atomic mass is 10.2. The molecule has 0 unspecified atom stereocenters. The minimum absolute atomic E-state index is 0.238. The molecule has 1 aromatic carbocycles. The molecule has 136 valence electrons. The molecule has 2 fully saturated rings. The number of thiocarbonyl (C=S) groups is 1. The van der Waals surface area contributed by atoms with Crippen molar-refractivity contribution in [3.63, 3.8) is 0 Å². The van der Waals surface area contributed by atoms with Crippen LogP contribution in [0.15, 0.2) is 18.2 Å². The van der Waals surface area contributed by atoms with E-state index in [4.69, 9.17) is 12.2 Å². The Kier molecular flexibility index (Phi) is 5.86. The first-order valence-electron chi connectivity index (χ1n) is 8.85. The van der Waals surface area contributed by atoms with E-state index in [-0.39, 0.29) is 11.7 Å². The van der Waals surface area contributed by atoms with Gasteiger partial charge in [-0.05, 0) is 49.7 Å². The molecule has 3 rings (SSSR count). The predicted molar refractivity (Wildman–Crippen MR) is 101 cm³/mol. The quantitative estimate of drug-likeness (QED) is 0.832. The van der Waals surface area contributed by atoms with Crippen molar-refractivity contribution in [1.29, 1.82) is 0 Å². The van der Waals surface area contributed by atoms with Crippen LogP contribution in [0.5, 0.6) is 0 Å². The Labute approximate surface area is 153 Å². The van der Waals surface area contributed by atoms with Crippen molar-refractivity contribution in [2.24, 2.45) is 0 Å². The van der Waals surface area contributed by atoms with Gasteiger partial charge in [0.2, 0.25) is 5.91 Å². The highest BCUT2D eigenvalue weighted by molar-refractivity contribution is 7.80. The van der Waals surface area contributed by atoms with Crippen LogP contribution >= 0.6 is 12.2 Å². The molecule has 0 aliphatic carbocycles. The maximum atomic E-state index is 13.6. The largest absolute Gasteiger partial charge is 0.346 e. The first-order chi connectivity index (χ1) is 12.0. The molecule has 2 aliphatic heterocycles. The van der Waals surface area contributed by atoms with E-state index in [1.165, 1.54) is 6.07 Å². The van der Waals surface area contributed by atoms with Crippen LogP contribution < -0.4 is 5.32 Å². The monoisotopic (exact) mass is 364 g/mol. The number of nitrogens with zero attached hydrogens (tertiary/aromatic N) is 3. The molecule has 2 heterocycles. The van der Waals surface area contributed by atoms with Crippen LogP contribution in [0, 0.1) is 12.7 Å². The minimum atomic E-state index is -0.238. The van der Waals surface area contributed by atoms with Crippen LogP contribution in [0.3, 0.4) is 0 Å². The number of hydrogen-bond donors (Lipinski definition) is 1. The van der Waals surface area contributed by atoms with E-state index in [1.54, 1.807) is 13.0 Å². The van der Waals surface area contributed by atoms with Crippen LogP contribution in [0.1, 0.15) is 18.4 Å². The number of aryl methyl sites for hydroxylation is 1. The van der Waals surface area contributed by atoms with Crippen LogP contribution in [-0.4, -0.2) is 71.5 Å². The van der Waals surface area contributed by atoms with Crippen LogP contribution in [0.4, 0.5) is 10.1 Å². The number of carbonyl (C=O) groups is 1. The molecule has 5 nitrogen and oxygen atoms in total. The summed E-state index contributed by atoms with van der Waals surface area (Å²) in [6.45, 7) is 7.20. The molecule has 0 aromatic heterocycles. The van der Waals surface area contributed by atoms with Gasteiger partial charge in [-0.25, -0.2) is 4.39 Å². The molecule has 0 radical (unpaired) electrons. The Hall–Kier alpha value is -1.73. The first-order valence-corrected chi connectivity index (χ1v) is 9.26. The number of piperazine rings is 1. The third-order valence-electron chi connectivity index (χ3n) is 4.90. The highest BCUT2D eigenvalue weighted by Crippen LogP contribution is 2.15. The molecule has 1 amide bonds. The number of halogens is 1. The number of likely N-dealkylation sites (tertiary alicyclic amines) is 1. The van der Waals surface area contributed by atoms with Gasteiger partial charge in [-0.2, -0.15) is 0 Å². The highest BCUT2D eigenvalue weighted by atomic mass is 32.1. The van der Waals surface area contributed by atoms with Gasteiger partial charge in [0.1, 0.15) is 5.82 Å². The van der Waals surface area contributed by atoms with Crippen molar-refractivity contribution >= 4 is 28.9 Å². The average molecular weight is 364 g/mol. The normalized spacial score (nSPS) is 18.5. The molecule has 7 heteroatoms. The van der Waals surface area contributed by atoms with Gasteiger partial charge >= 0.3 is 0 Å². The Bertz CT molecular complexity index is 640. The summed E-state index contributed by atoms with van der Waals surface area (Å²) in [5, 5.41) is 3.71. The second kappa shape index (κ2) is 8.10. The molecule has 0 atom stereocenters. The van der Waals surface area contributed by atoms with Crippen LogP contribution in [0.25, 0.3) is 0 Å². The van der Waals surface area contributed by atoms with Crippen molar-refractivity contribution in [3.8, 4) is 0 Å². The van der Waals surface area contributed by atoms with Gasteiger partial charge in [-0.3, -0.25) is 9.69 Å². The van der Waals surface area contributed by atoms with Gasteiger partial charge in [-0.15, -0.1) is 0 Å². The number of hydrogen-bond acceptors (Lipinski definition) is 3. The zero-order valence-corrected chi connectivity index (χ0v) is 15.4. The molecule has 25 heavy (non-hydrogen) atoms. The van der Waals surface area contributed by atoms with Crippen LogP contribution in [-0.2, 0) is 4.79 Å². The third kappa shape index (κ3) is 4.67. The number of rotatable bonds is 3. The Balaban J connectivity index is 1.45. The van der Waals surface area contributed by atoms with E-state index in [0.717, 1.165) is 52.1 Å². The average Bonchev–Trinajstić information content (AvgIpc) is 3.13. The lowest BCUT2D eigenvalue weighted by molar-refractivity contribution is -0.131. The van der Waals surface area contributed by atoms with Gasteiger partial charge in [0.05, 0.1) is 6.54 Å². The summed E-state index contributed by atoms with van der Waals surface area (Å²) in [4.78, 5) is 18.4. The topological polar surface area (TPSA) is 38.8 Å². The van der Waals surface area contributed by atoms with Crippen molar-refractivity contribution in [2.75, 3.05) is 51.1 Å². The fraction of sp³-hybridized carbons (Fsp3) is 0.556. The number of amides is 1. The summed E-state index contributed by atoms with van der Waals surface area (Å²) < 4.78 is 13.6. The molecule has 2 aliphatic rings. The van der Waals surface area contributed by atoms with Crippen molar-refractivity contribution in [3.05, 3.63) is 29.6 Å². The van der Waals surface area contributed by atoms with Gasteiger partial charge in [-0.1, -0.05) is 6.07 Å². The van der Waals surface area contributed by atoms with E-state index in [1.807, 2.05) is 11.0 Å². The number of nitrogens with one attached hydrogen (secondary N) is 1. The van der Waals surface area contributed by atoms with Crippen molar-refractivity contribution < 1.29 is 9.18 Å². The summed E-state index contributed by atoms with van der Waals surface area (Å²) in [6.07, 6.45) is 2.25. The molecule has 0 spiro atoms. The first kappa shape index (κ1) is 18.1. The molecule has 0 bridgehead atoms. The van der Waals surface area contributed by atoms with E-state index < -0.39 is 0 Å². The smallest absolute Gasteiger partial charge is 0.236 e. The van der Waals surface area contributed by atoms with E-state index >= 15 is 0 Å². The molecule has 1 N–H and O–H groups in total. The Morgan fingerprint density at radius 3 is 2.44 bits per heavy atom. The highest BCUT2D eigenvalue weighted by Gasteiger charge is 2.24. The summed E-state index contributed by atoms with van der Waals surface area (Å²) in [5.74, 6) is -0.000161. The van der Waals surface area contributed by atoms with E-state index in [2.05, 4.69) is 15.1 Å². The van der Waals surface area contributed by atoms with Gasteiger partial charge in [0.25, 0.3) is 0 Å². The van der Waals surface area contributed by atoms with Crippen molar-refractivity contribution in [2.45, 2.75) is 19.8 Å². The number of carbonyl (C=O) groups excluding carboxylic acids is 1. The lowest BCUT2D eigenvalue weighted by Crippen LogP contribution is -2.52. The van der Waals surface area contributed by atoms with E-state index in [9.17, 15) is 9.18 Å². The molecular formula is C18H25FN4OS. The Morgan fingerprint density at radius 2 is 1.80 bits per heavy atom. The number of anilines is 1. The summed E-state index contributed by atoms with van der Waals surface area (Å²) in [5.41, 5.74) is 1.28. The number of benzene rings is 1. The third-order valence-corrected chi connectivity index (χ3v) is 5.26. The minimum Gasteiger partial charge on any atom is -0.346 e. The maximum absolute atomic E-state index is 13.6. The van der Waals surface area contributed by atoms with Crippen LogP contribution in [0.2, 0.25) is 0 Å². The summed E-state index contributed by atoms with van der Waals surface area (Å²) >= 11 is 5.44. The zero-order valence-electron chi connectivity index (χ0n) is 14.6. The summed E-state index contributed by atoms with van der Waals surface area (Å²) in [6, 6.07) is 5.03. The van der Waals surface area contributed by atoms with Gasteiger partial charge in [0.15, 0.2) is 5.11 Å². The predicted octanol–water partition coefficient (Wildman–Crippen LogP) is 2.07. The van der Waals surface area contributed by atoms with E-state index in [0.29, 0.717) is 22.9 Å². The SMILES string of the molecule is Cc1ccc(NC(=S)N2CCN(CC(=O)N3CCCC3)CC2)cc1F. The second-order valence-electron chi connectivity index (χ2n) is 6.75. The van der Waals surface area contributed by atoms with Crippen molar-refractivity contribution in [1.82, 2.24) is 14.7 Å². The zero-order chi connectivity index (χ0) is 17.8. The lowest BCUT2D eigenvalue weighted by Gasteiger charge is -2.36. The summed E-state index contributed by atoms with van der Waals surface area (Å²) in [7, 11) is 0. The fourth-order valence-corrected chi connectivity index (χ4v) is 3.54. The molecule has 1 aromatic rings. The maximum Gasteiger partial charge on any atom is 0.236 e. The molecule has 2 saturated heterocycles. The van der Waals surface area contributed by atoms with Gasteiger partial charge < -0.3 is 15.1 Å².